The van der Waals surface area contributed by atoms with Crippen molar-refractivity contribution in [3.05, 3.63) is 59.2 Å². The summed E-state index contributed by atoms with van der Waals surface area (Å²) in [6.45, 7) is 4.34. The van der Waals surface area contributed by atoms with E-state index >= 15 is 0 Å². The largest absolute Gasteiger partial charge is 0.478 e. The predicted octanol–water partition coefficient (Wildman–Crippen LogP) is 3.51. The second kappa shape index (κ2) is 7.49. The number of pyridine rings is 1. The van der Waals surface area contributed by atoms with Gasteiger partial charge in [-0.15, -0.1) is 0 Å². The molecule has 0 radical (unpaired) electrons. The smallest absolute Gasteiger partial charge is 0.328 e. The number of carboxylic acids is 1. The maximum Gasteiger partial charge on any atom is 0.328 e. The maximum absolute atomic E-state index is 11.1. The molecule has 0 aromatic carbocycles. The first-order chi connectivity index (χ1) is 12.5. The molecule has 3 rings (SSSR count). The van der Waals surface area contributed by atoms with Crippen LogP contribution >= 0.6 is 0 Å². The van der Waals surface area contributed by atoms with Crippen molar-refractivity contribution < 1.29 is 14.6 Å². The summed E-state index contributed by atoms with van der Waals surface area (Å²) in [6.07, 6.45) is 7.13. The quantitative estimate of drug-likeness (QED) is 0.688. The maximum atomic E-state index is 11.1. The zero-order valence-electron chi connectivity index (χ0n) is 15.1. The third-order valence-corrected chi connectivity index (χ3v) is 4.19. The molecule has 0 aliphatic carbocycles. The van der Waals surface area contributed by atoms with Gasteiger partial charge in [0.25, 0.3) is 0 Å². The molecule has 134 valence electrons. The van der Waals surface area contributed by atoms with Crippen LogP contribution < -0.4 is 0 Å². The van der Waals surface area contributed by atoms with E-state index in [1.165, 1.54) is 0 Å². The molecule has 0 bridgehead atoms. The minimum atomic E-state index is -1.01. The van der Waals surface area contributed by atoms with Gasteiger partial charge in [0.2, 0.25) is 0 Å². The highest BCUT2D eigenvalue weighted by atomic mass is 16.5. The van der Waals surface area contributed by atoms with Crippen LogP contribution in [-0.4, -0.2) is 32.8 Å². The molecule has 3 aromatic rings. The van der Waals surface area contributed by atoms with Crippen molar-refractivity contribution in [3.63, 3.8) is 0 Å². The van der Waals surface area contributed by atoms with Gasteiger partial charge in [-0.3, -0.25) is 4.98 Å². The topological polar surface area (TPSA) is 76.7 Å². The molecule has 0 saturated carbocycles. The number of fused-ring (bicyclic) bond motifs is 1. The van der Waals surface area contributed by atoms with Crippen LogP contribution in [0.2, 0.25) is 0 Å². The number of hydrogen-bond acceptors (Lipinski definition) is 4. The van der Waals surface area contributed by atoms with Gasteiger partial charge in [0, 0.05) is 48.0 Å². The third kappa shape index (κ3) is 3.36. The molecular formula is C20H21N3O3. The van der Waals surface area contributed by atoms with Crippen LogP contribution in [0.3, 0.4) is 0 Å². The second-order valence-electron chi connectivity index (χ2n) is 6.07. The lowest BCUT2D eigenvalue weighted by Gasteiger charge is -2.15. The molecule has 0 unspecified atom stereocenters. The van der Waals surface area contributed by atoms with Gasteiger partial charge in [0.15, 0.2) is 0 Å². The highest BCUT2D eigenvalue weighted by Gasteiger charge is 2.17. The number of hydrogen-bond donors (Lipinski definition) is 1. The van der Waals surface area contributed by atoms with Gasteiger partial charge < -0.3 is 9.84 Å². The summed E-state index contributed by atoms with van der Waals surface area (Å²) in [5.41, 5.74) is 6.25. The lowest BCUT2D eigenvalue weighted by Crippen LogP contribution is -2.07. The van der Waals surface area contributed by atoms with Crippen LogP contribution in [0.4, 0.5) is 0 Å². The first-order valence-electron chi connectivity index (χ1n) is 8.40. The minimum absolute atomic E-state index is 0.281. The summed E-state index contributed by atoms with van der Waals surface area (Å²) in [5.74, 6) is -1.01. The standard InChI is InChI=1S/C20H21N3O3/c1-4-15-5-7-18-20(14-9-13(2)10-21-11-14)16(6-8-19(24)25)17(12-26-3)22-23(15)18/h5-11H,4,12H2,1-3H3,(H,24,25)/b8-6+. The molecule has 0 spiro atoms. The molecule has 3 aromatic heterocycles. The van der Waals surface area contributed by atoms with E-state index < -0.39 is 5.97 Å². The highest BCUT2D eigenvalue weighted by molar-refractivity contribution is 5.92. The van der Waals surface area contributed by atoms with Crippen LogP contribution in [0, 0.1) is 6.92 Å². The normalized spacial score (nSPS) is 11.5. The summed E-state index contributed by atoms with van der Waals surface area (Å²) in [6, 6.07) is 6.09. The highest BCUT2D eigenvalue weighted by Crippen LogP contribution is 2.32. The molecule has 0 aliphatic heterocycles. The minimum Gasteiger partial charge on any atom is -0.478 e. The molecule has 0 saturated heterocycles. The van der Waals surface area contributed by atoms with E-state index in [9.17, 15) is 4.79 Å². The first-order valence-corrected chi connectivity index (χ1v) is 8.40. The van der Waals surface area contributed by atoms with Gasteiger partial charge in [-0.05, 0) is 43.2 Å². The van der Waals surface area contributed by atoms with Crippen LogP contribution in [0.25, 0.3) is 22.7 Å². The Morgan fingerprint density at radius 3 is 2.81 bits per heavy atom. The summed E-state index contributed by atoms with van der Waals surface area (Å²) in [4.78, 5) is 15.4. The molecule has 0 atom stereocenters. The van der Waals surface area contributed by atoms with Crippen LogP contribution in [0.1, 0.15) is 29.4 Å². The Morgan fingerprint density at radius 1 is 1.35 bits per heavy atom. The zero-order chi connectivity index (χ0) is 18.7. The van der Waals surface area contributed by atoms with Gasteiger partial charge in [-0.1, -0.05) is 6.92 Å². The third-order valence-electron chi connectivity index (χ3n) is 4.19. The molecule has 0 amide bonds. The summed E-state index contributed by atoms with van der Waals surface area (Å²) < 4.78 is 7.22. The van der Waals surface area contributed by atoms with E-state index in [4.69, 9.17) is 14.9 Å². The van der Waals surface area contributed by atoms with Crippen molar-refractivity contribution >= 4 is 17.6 Å². The number of aromatic nitrogens is 3. The fourth-order valence-corrected chi connectivity index (χ4v) is 3.08. The molecule has 0 fully saturated rings. The molecule has 26 heavy (non-hydrogen) atoms. The fourth-order valence-electron chi connectivity index (χ4n) is 3.08. The van der Waals surface area contributed by atoms with Gasteiger partial charge >= 0.3 is 5.97 Å². The number of methoxy groups -OCH3 is 1. The summed E-state index contributed by atoms with van der Waals surface area (Å²) in [5, 5.41) is 13.8. The number of aryl methyl sites for hydroxylation is 2. The average Bonchev–Trinajstić information content (AvgIpc) is 3.02. The molecule has 6 heteroatoms. The van der Waals surface area contributed by atoms with E-state index in [0.29, 0.717) is 5.69 Å². The lowest BCUT2D eigenvalue weighted by molar-refractivity contribution is -0.131. The molecular weight excluding hydrogens is 330 g/mol. The van der Waals surface area contributed by atoms with Gasteiger partial charge in [0.1, 0.15) is 0 Å². The van der Waals surface area contributed by atoms with Crippen LogP contribution in [0.15, 0.2) is 36.7 Å². The number of aliphatic carboxylic acids is 1. The van der Waals surface area contributed by atoms with Crippen molar-refractivity contribution in [3.8, 4) is 11.1 Å². The number of carboxylic acid groups (broad SMARTS) is 1. The Kier molecular flexibility index (Phi) is 5.14. The van der Waals surface area contributed by atoms with E-state index in [-0.39, 0.29) is 6.61 Å². The van der Waals surface area contributed by atoms with Gasteiger partial charge in [0.05, 0.1) is 17.8 Å². The van der Waals surface area contributed by atoms with Crippen molar-refractivity contribution in [2.24, 2.45) is 0 Å². The SMILES string of the molecule is CCc1ccc2c(-c3cncc(C)c3)c(/C=C/C(=O)O)c(COC)nn12. The van der Waals surface area contributed by atoms with Crippen molar-refractivity contribution in [1.82, 2.24) is 14.6 Å². The molecule has 0 aliphatic rings. The molecule has 3 heterocycles. The Labute approximate surface area is 151 Å². The Bertz CT molecular complexity index is 989. The number of ether oxygens (including phenoxy) is 1. The van der Waals surface area contributed by atoms with Crippen molar-refractivity contribution in [2.75, 3.05) is 7.11 Å². The van der Waals surface area contributed by atoms with Gasteiger partial charge in [-0.25, -0.2) is 9.31 Å². The van der Waals surface area contributed by atoms with E-state index in [0.717, 1.165) is 46.0 Å². The number of nitrogens with zero attached hydrogens (tertiary/aromatic N) is 3. The lowest BCUT2D eigenvalue weighted by atomic mass is 9.98. The van der Waals surface area contributed by atoms with Crippen LogP contribution in [0.5, 0.6) is 0 Å². The Morgan fingerprint density at radius 2 is 2.15 bits per heavy atom. The zero-order valence-corrected chi connectivity index (χ0v) is 15.1. The van der Waals surface area contributed by atoms with E-state index in [2.05, 4.69) is 11.9 Å². The summed E-state index contributed by atoms with van der Waals surface area (Å²) in [7, 11) is 1.60. The Hall–Kier alpha value is -2.99. The van der Waals surface area contributed by atoms with E-state index in [1.807, 2.05) is 29.6 Å². The fraction of sp³-hybridized carbons (Fsp3) is 0.250. The predicted molar refractivity (Wildman–Crippen MR) is 99.9 cm³/mol. The second-order valence-corrected chi connectivity index (χ2v) is 6.07. The van der Waals surface area contributed by atoms with E-state index in [1.54, 1.807) is 25.6 Å². The molecule has 1 N–H and O–H groups in total. The van der Waals surface area contributed by atoms with Crippen molar-refractivity contribution in [1.29, 1.82) is 0 Å². The monoisotopic (exact) mass is 351 g/mol. The molecule has 6 nitrogen and oxygen atoms in total. The first kappa shape index (κ1) is 17.8. The van der Waals surface area contributed by atoms with Gasteiger partial charge in [-0.2, -0.15) is 5.10 Å². The average molecular weight is 351 g/mol. The van der Waals surface area contributed by atoms with Crippen molar-refractivity contribution in [2.45, 2.75) is 26.9 Å². The number of rotatable bonds is 6. The Balaban J connectivity index is 2.40. The number of carbonyl (C=O) groups is 1. The summed E-state index contributed by atoms with van der Waals surface area (Å²) >= 11 is 0. The van der Waals surface area contributed by atoms with Crippen LogP contribution in [-0.2, 0) is 22.6 Å².